The third-order valence-corrected chi connectivity index (χ3v) is 4.25. The van der Waals surface area contributed by atoms with E-state index in [-0.39, 0.29) is 5.91 Å². The van der Waals surface area contributed by atoms with Crippen molar-refractivity contribution >= 4 is 5.91 Å². The average Bonchev–Trinajstić information content (AvgIpc) is 3.14. The van der Waals surface area contributed by atoms with Gasteiger partial charge in [-0.05, 0) is 42.9 Å². The van der Waals surface area contributed by atoms with E-state index < -0.39 is 0 Å². The zero-order chi connectivity index (χ0) is 13.2. The third-order valence-electron chi connectivity index (χ3n) is 4.25. The second kappa shape index (κ2) is 5.24. The Hall–Kier alpha value is -1.51. The number of carbonyl (C=O) groups excluding carboxylic acids is 1. The summed E-state index contributed by atoms with van der Waals surface area (Å²) in [4.78, 5) is 14.4. The van der Waals surface area contributed by atoms with Crippen molar-refractivity contribution in [1.82, 2.24) is 4.90 Å². The Kier molecular flexibility index (Phi) is 3.45. The molecule has 1 aliphatic carbocycles. The fourth-order valence-electron chi connectivity index (χ4n) is 2.97. The zero-order valence-electron chi connectivity index (χ0n) is 11.5. The quantitative estimate of drug-likeness (QED) is 0.832. The van der Waals surface area contributed by atoms with Gasteiger partial charge in [-0.15, -0.1) is 0 Å². The maximum absolute atomic E-state index is 12.4. The van der Waals surface area contributed by atoms with Crippen molar-refractivity contribution in [3.8, 4) is 5.75 Å². The normalized spacial score (nSPS) is 22.6. The molecule has 102 valence electrons. The smallest absolute Gasteiger partial charge is 0.253 e. The van der Waals surface area contributed by atoms with Crippen LogP contribution in [0.15, 0.2) is 24.3 Å². The van der Waals surface area contributed by atoms with Gasteiger partial charge in [-0.25, -0.2) is 0 Å². The van der Waals surface area contributed by atoms with Crippen LogP contribution >= 0.6 is 0 Å². The molecule has 2 aliphatic rings. The number of ether oxygens (including phenoxy) is 1. The first-order valence-corrected chi connectivity index (χ1v) is 7.19. The molecule has 0 N–H and O–H groups in total. The number of rotatable bonds is 4. The molecule has 1 amide bonds. The maximum Gasteiger partial charge on any atom is 0.253 e. The topological polar surface area (TPSA) is 29.5 Å². The molecule has 0 spiro atoms. The van der Waals surface area contributed by atoms with Gasteiger partial charge in [0.15, 0.2) is 0 Å². The van der Waals surface area contributed by atoms with Gasteiger partial charge in [-0.1, -0.05) is 18.9 Å². The lowest BCUT2D eigenvalue weighted by Crippen LogP contribution is -2.28. The molecule has 1 saturated carbocycles. The van der Waals surface area contributed by atoms with Gasteiger partial charge in [-0.2, -0.15) is 0 Å². The minimum Gasteiger partial charge on any atom is -0.497 e. The van der Waals surface area contributed by atoms with E-state index in [4.69, 9.17) is 4.74 Å². The van der Waals surface area contributed by atoms with Gasteiger partial charge in [0, 0.05) is 18.7 Å². The highest BCUT2D eigenvalue weighted by atomic mass is 16.5. The second-order valence-electron chi connectivity index (χ2n) is 5.82. The predicted octanol–water partition coefficient (Wildman–Crippen LogP) is 2.96. The van der Waals surface area contributed by atoms with Gasteiger partial charge in [0.25, 0.3) is 5.91 Å². The van der Waals surface area contributed by atoms with E-state index in [1.54, 1.807) is 7.11 Å². The molecule has 1 atom stereocenters. The fourth-order valence-corrected chi connectivity index (χ4v) is 2.97. The van der Waals surface area contributed by atoms with Crippen molar-refractivity contribution in [2.45, 2.75) is 25.7 Å². The summed E-state index contributed by atoms with van der Waals surface area (Å²) in [5.74, 6) is 2.58. The van der Waals surface area contributed by atoms with Gasteiger partial charge in [-0.3, -0.25) is 4.79 Å². The molecular weight excluding hydrogens is 238 g/mol. The minimum absolute atomic E-state index is 0.150. The molecule has 3 nitrogen and oxygen atoms in total. The number of amides is 1. The van der Waals surface area contributed by atoms with Gasteiger partial charge in [0.2, 0.25) is 0 Å². The zero-order valence-corrected chi connectivity index (χ0v) is 11.5. The van der Waals surface area contributed by atoms with Crippen LogP contribution in [0.4, 0.5) is 0 Å². The van der Waals surface area contributed by atoms with Crippen LogP contribution in [0.5, 0.6) is 5.75 Å². The predicted molar refractivity (Wildman–Crippen MR) is 74.3 cm³/mol. The second-order valence-corrected chi connectivity index (χ2v) is 5.82. The number of nitrogens with zero attached hydrogens (tertiary/aromatic N) is 1. The summed E-state index contributed by atoms with van der Waals surface area (Å²) < 4.78 is 5.18. The minimum atomic E-state index is 0.150. The van der Waals surface area contributed by atoms with E-state index in [9.17, 15) is 4.79 Å². The van der Waals surface area contributed by atoms with Gasteiger partial charge >= 0.3 is 0 Å². The van der Waals surface area contributed by atoms with Crippen molar-refractivity contribution in [1.29, 1.82) is 0 Å². The Morgan fingerprint density at radius 1 is 1.32 bits per heavy atom. The lowest BCUT2D eigenvalue weighted by Gasteiger charge is -2.17. The van der Waals surface area contributed by atoms with Crippen LogP contribution < -0.4 is 4.74 Å². The first-order valence-electron chi connectivity index (χ1n) is 7.19. The molecule has 19 heavy (non-hydrogen) atoms. The fraction of sp³-hybridized carbons (Fsp3) is 0.562. The van der Waals surface area contributed by atoms with Gasteiger partial charge in [0.1, 0.15) is 5.75 Å². The summed E-state index contributed by atoms with van der Waals surface area (Å²) in [5.41, 5.74) is 0.742. The largest absolute Gasteiger partial charge is 0.497 e. The molecule has 1 saturated heterocycles. The van der Waals surface area contributed by atoms with Crippen LogP contribution in [-0.2, 0) is 0 Å². The van der Waals surface area contributed by atoms with Crippen molar-refractivity contribution in [2.75, 3.05) is 20.2 Å². The highest BCUT2D eigenvalue weighted by molar-refractivity contribution is 5.94. The average molecular weight is 259 g/mol. The molecule has 3 rings (SSSR count). The van der Waals surface area contributed by atoms with Crippen LogP contribution in [0.3, 0.4) is 0 Å². The number of likely N-dealkylation sites (tertiary alicyclic amines) is 1. The molecular formula is C16H21NO2. The Balaban J connectivity index is 1.63. The third kappa shape index (κ3) is 2.91. The highest BCUT2D eigenvalue weighted by Gasteiger charge is 2.32. The number of hydrogen-bond donors (Lipinski definition) is 0. The number of carbonyl (C=O) groups is 1. The number of methoxy groups -OCH3 is 1. The van der Waals surface area contributed by atoms with Crippen molar-refractivity contribution in [3.05, 3.63) is 29.8 Å². The Bertz CT molecular complexity index is 468. The van der Waals surface area contributed by atoms with Gasteiger partial charge < -0.3 is 9.64 Å². The Morgan fingerprint density at radius 3 is 2.89 bits per heavy atom. The maximum atomic E-state index is 12.4. The Labute approximate surface area is 114 Å². The molecule has 2 fully saturated rings. The van der Waals surface area contributed by atoms with E-state index in [1.807, 2.05) is 29.2 Å². The summed E-state index contributed by atoms with van der Waals surface area (Å²) in [5, 5.41) is 0. The van der Waals surface area contributed by atoms with Gasteiger partial charge in [0.05, 0.1) is 7.11 Å². The summed E-state index contributed by atoms with van der Waals surface area (Å²) in [7, 11) is 1.63. The molecule has 0 aromatic heterocycles. The highest BCUT2D eigenvalue weighted by Crippen LogP contribution is 2.38. The molecule has 0 bridgehead atoms. The van der Waals surface area contributed by atoms with Crippen LogP contribution in [0, 0.1) is 11.8 Å². The summed E-state index contributed by atoms with van der Waals surface area (Å²) in [6, 6.07) is 7.45. The van der Waals surface area contributed by atoms with Crippen LogP contribution in [0.2, 0.25) is 0 Å². The number of hydrogen-bond acceptors (Lipinski definition) is 2. The summed E-state index contributed by atoms with van der Waals surface area (Å²) >= 11 is 0. The molecule has 1 aliphatic heterocycles. The lowest BCUT2D eigenvalue weighted by atomic mass is 10.0. The summed E-state index contributed by atoms with van der Waals surface area (Å²) in [6.45, 7) is 1.85. The number of benzene rings is 1. The van der Waals surface area contributed by atoms with Crippen LogP contribution in [-0.4, -0.2) is 31.0 Å². The standard InChI is InChI=1S/C16H21NO2/c1-19-15-4-2-3-14(10-15)16(18)17-8-7-13(11-17)9-12-5-6-12/h2-4,10,12-13H,5-9,11H2,1H3/t13-/m1/s1. The SMILES string of the molecule is COc1cccc(C(=O)N2CC[C@H](CC3CC3)C2)c1. The lowest BCUT2D eigenvalue weighted by molar-refractivity contribution is 0.0786. The van der Waals surface area contributed by atoms with E-state index in [0.29, 0.717) is 0 Å². The molecule has 1 aromatic rings. The van der Waals surface area contributed by atoms with E-state index >= 15 is 0 Å². The molecule has 1 heterocycles. The first kappa shape index (κ1) is 12.5. The van der Waals surface area contributed by atoms with E-state index in [1.165, 1.54) is 25.7 Å². The summed E-state index contributed by atoms with van der Waals surface area (Å²) in [6.07, 6.45) is 5.30. The van der Waals surface area contributed by atoms with E-state index in [0.717, 1.165) is 36.2 Å². The van der Waals surface area contributed by atoms with Crippen LogP contribution in [0.1, 0.15) is 36.0 Å². The van der Waals surface area contributed by atoms with Crippen molar-refractivity contribution in [2.24, 2.45) is 11.8 Å². The first-order chi connectivity index (χ1) is 9.26. The van der Waals surface area contributed by atoms with Crippen molar-refractivity contribution < 1.29 is 9.53 Å². The molecule has 3 heteroatoms. The molecule has 1 aromatic carbocycles. The van der Waals surface area contributed by atoms with Crippen molar-refractivity contribution in [3.63, 3.8) is 0 Å². The Morgan fingerprint density at radius 2 is 2.16 bits per heavy atom. The molecule has 0 radical (unpaired) electrons. The van der Waals surface area contributed by atoms with E-state index in [2.05, 4.69) is 0 Å². The van der Waals surface area contributed by atoms with Crippen LogP contribution in [0.25, 0.3) is 0 Å². The molecule has 0 unspecified atom stereocenters. The monoisotopic (exact) mass is 259 g/mol.